The van der Waals surface area contributed by atoms with Crippen molar-refractivity contribution in [2.24, 2.45) is 0 Å². The van der Waals surface area contributed by atoms with E-state index in [-0.39, 0.29) is 5.97 Å². The Balaban J connectivity index is 2.06. The van der Waals surface area contributed by atoms with E-state index in [9.17, 15) is 4.79 Å². The van der Waals surface area contributed by atoms with Gasteiger partial charge in [0.05, 0.1) is 18.2 Å². The van der Waals surface area contributed by atoms with Gasteiger partial charge in [0.15, 0.2) is 0 Å². The van der Waals surface area contributed by atoms with Crippen molar-refractivity contribution in [2.75, 3.05) is 7.11 Å². The van der Waals surface area contributed by atoms with Gasteiger partial charge in [-0.05, 0) is 48.9 Å². The number of benzene rings is 2. The topological polar surface area (TPSA) is 39.2 Å². The maximum absolute atomic E-state index is 12.1. The molecule has 0 saturated heterocycles. The number of nitrogens with zero attached hydrogens (tertiary/aromatic N) is 1. The molecule has 0 bridgehead atoms. The zero-order valence-corrected chi connectivity index (χ0v) is 15.2. The maximum atomic E-state index is 12.1. The highest BCUT2D eigenvalue weighted by molar-refractivity contribution is 5.86. The van der Waals surface area contributed by atoms with Crippen molar-refractivity contribution in [3.05, 3.63) is 65.9 Å². The van der Waals surface area contributed by atoms with Crippen molar-refractivity contribution in [3.8, 4) is 11.3 Å². The molecule has 0 fully saturated rings. The summed E-state index contributed by atoms with van der Waals surface area (Å²) < 4.78 is 4.94. The first-order valence-electron chi connectivity index (χ1n) is 8.53. The molecule has 0 aliphatic heterocycles. The van der Waals surface area contributed by atoms with Crippen LogP contribution in [0.4, 0.5) is 0 Å². The fraction of sp³-hybridized carbons (Fsp3) is 0.273. The number of ether oxygens (including phenoxy) is 1. The molecule has 128 valence electrons. The minimum absolute atomic E-state index is 0.247. The molecule has 3 aromatic rings. The van der Waals surface area contributed by atoms with E-state index in [4.69, 9.17) is 4.74 Å². The van der Waals surface area contributed by atoms with Gasteiger partial charge in [0, 0.05) is 17.1 Å². The molecule has 3 heteroatoms. The molecule has 1 aromatic heterocycles. The fourth-order valence-corrected chi connectivity index (χ4v) is 3.01. The van der Waals surface area contributed by atoms with E-state index >= 15 is 0 Å². The highest BCUT2D eigenvalue weighted by Crippen LogP contribution is 2.29. The van der Waals surface area contributed by atoms with Gasteiger partial charge in [-0.2, -0.15) is 0 Å². The number of pyridine rings is 1. The zero-order valence-electron chi connectivity index (χ0n) is 15.2. The van der Waals surface area contributed by atoms with Gasteiger partial charge in [-0.25, -0.2) is 0 Å². The Bertz CT molecular complexity index is 928. The number of aromatic nitrogens is 1. The fourth-order valence-electron chi connectivity index (χ4n) is 3.01. The number of esters is 1. The number of carbonyl (C=O) groups excluding carboxylic acids is 1. The summed E-state index contributed by atoms with van der Waals surface area (Å²) in [5, 5.41) is 2.31. The summed E-state index contributed by atoms with van der Waals surface area (Å²) in [5.41, 5.74) is 3.43. The molecule has 0 saturated carbocycles. The molecule has 2 aromatic carbocycles. The van der Waals surface area contributed by atoms with Crippen LogP contribution in [0.1, 0.15) is 31.9 Å². The third-order valence-electron chi connectivity index (χ3n) is 4.77. The second-order valence-corrected chi connectivity index (χ2v) is 6.80. The molecule has 3 nitrogen and oxygen atoms in total. The number of hydrogen-bond acceptors (Lipinski definition) is 3. The van der Waals surface area contributed by atoms with Crippen LogP contribution < -0.4 is 0 Å². The standard InChI is InChI=1S/C22H23NO2/c1-5-15-9-10-17-14-23-20(13-18(17)11-15)16-7-6-8-19(12-16)22(2,3)21(24)25-4/h6-14H,5H2,1-4H3. The number of fused-ring (bicyclic) bond motifs is 1. The minimum Gasteiger partial charge on any atom is -0.468 e. The van der Waals surface area contributed by atoms with E-state index < -0.39 is 5.41 Å². The summed E-state index contributed by atoms with van der Waals surface area (Å²) in [7, 11) is 1.42. The van der Waals surface area contributed by atoms with Gasteiger partial charge in [-0.3, -0.25) is 9.78 Å². The second kappa shape index (κ2) is 6.67. The third kappa shape index (κ3) is 3.27. The third-order valence-corrected chi connectivity index (χ3v) is 4.77. The lowest BCUT2D eigenvalue weighted by atomic mass is 9.83. The van der Waals surface area contributed by atoms with Gasteiger partial charge in [0.25, 0.3) is 0 Å². The van der Waals surface area contributed by atoms with E-state index in [0.29, 0.717) is 0 Å². The molecule has 0 aliphatic carbocycles. The van der Waals surface area contributed by atoms with Crippen molar-refractivity contribution in [2.45, 2.75) is 32.6 Å². The number of methoxy groups -OCH3 is 1. The molecule has 3 rings (SSSR count). The summed E-state index contributed by atoms with van der Waals surface area (Å²) in [4.78, 5) is 16.7. The van der Waals surface area contributed by atoms with Crippen LogP contribution >= 0.6 is 0 Å². The summed E-state index contributed by atoms with van der Waals surface area (Å²) in [6.45, 7) is 5.90. The van der Waals surface area contributed by atoms with Crippen molar-refractivity contribution >= 4 is 16.7 Å². The predicted octanol–water partition coefficient (Wildman–Crippen LogP) is 4.91. The molecule has 1 heterocycles. The minimum atomic E-state index is -0.697. The number of carbonyl (C=O) groups is 1. The molecule has 0 spiro atoms. The van der Waals surface area contributed by atoms with Gasteiger partial charge in [0.1, 0.15) is 0 Å². The molecule has 0 radical (unpaired) electrons. The molecular formula is C22H23NO2. The molecule has 0 atom stereocenters. The highest BCUT2D eigenvalue weighted by atomic mass is 16.5. The first kappa shape index (κ1) is 17.2. The molecule has 0 aliphatic rings. The Morgan fingerprint density at radius 2 is 1.88 bits per heavy atom. The van der Waals surface area contributed by atoms with Crippen LogP contribution in [-0.4, -0.2) is 18.1 Å². The first-order chi connectivity index (χ1) is 12.0. The van der Waals surface area contributed by atoms with Crippen LogP contribution in [0, 0.1) is 0 Å². The van der Waals surface area contributed by atoms with Crippen molar-refractivity contribution < 1.29 is 9.53 Å². The summed E-state index contributed by atoms with van der Waals surface area (Å²) in [5.74, 6) is -0.247. The van der Waals surface area contributed by atoms with Crippen molar-refractivity contribution in [3.63, 3.8) is 0 Å². The number of rotatable bonds is 4. The van der Waals surface area contributed by atoms with Gasteiger partial charge in [-0.1, -0.05) is 43.3 Å². The zero-order chi connectivity index (χ0) is 18.0. The van der Waals surface area contributed by atoms with E-state index in [2.05, 4.69) is 36.2 Å². The Labute approximate surface area is 148 Å². The van der Waals surface area contributed by atoms with Crippen LogP contribution in [0.3, 0.4) is 0 Å². The maximum Gasteiger partial charge on any atom is 0.315 e. The molecule has 0 unspecified atom stereocenters. The van der Waals surface area contributed by atoms with E-state index in [1.165, 1.54) is 18.1 Å². The lowest BCUT2D eigenvalue weighted by molar-refractivity contribution is -0.146. The number of aryl methyl sites for hydroxylation is 1. The second-order valence-electron chi connectivity index (χ2n) is 6.80. The van der Waals surface area contributed by atoms with E-state index in [1.807, 2.05) is 44.3 Å². The summed E-state index contributed by atoms with van der Waals surface area (Å²) >= 11 is 0. The van der Waals surface area contributed by atoms with Gasteiger partial charge in [0.2, 0.25) is 0 Å². The highest BCUT2D eigenvalue weighted by Gasteiger charge is 2.31. The molecular weight excluding hydrogens is 310 g/mol. The van der Waals surface area contributed by atoms with Crippen molar-refractivity contribution in [1.29, 1.82) is 0 Å². The van der Waals surface area contributed by atoms with E-state index in [1.54, 1.807) is 0 Å². The van der Waals surface area contributed by atoms with Crippen LogP contribution in [0.2, 0.25) is 0 Å². The Kier molecular flexibility index (Phi) is 4.58. The first-order valence-corrected chi connectivity index (χ1v) is 8.53. The van der Waals surface area contributed by atoms with Gasteiger partial charge in [-0.15, -0.1) is 0 Å². The van der Waals surface area contributed by atoms with Gasteiger partial charge < -0.3 is 4.74 Å². The lowest BCUT2D eigenvalue weighted by Crippen LogP contribution is -2.30. The van der Waals surface area contributed by atoms with Crippen molar-refractivity contribution in [1.82, 2.24) is 4.98 Å². The van der Waals surface area contributed by atoms with Crippen LogP contribution in [0.5, 0.6) is 0 Å². The Morgan fingerprint density at radius 1 is 1.08 bits per heavy atom. The largest absolute Gasteiger partial charge is 0.468 e. The SMILES string of the molecule is CCc1ccc2cnc(-c3cccc(C(C)(C)C(=O)OC)c3)cc2c1. The lowest BCUT2D eigenvalue weighted by Gasteiger charge is -2.22. The number of hydrogen-bond donors (Lipinski definition) is 0. The van der Waals surface area contributed by atoms with Crippen LogP contribution in [0.25, 0.3) is 22.0 Å². The smallest absolute Gasteiger partial charge is 0.315 e. The van der Waals surface area contributed by atoms with Crippen LogP contribution in [0.15, 0.2) is 54.7 Å². The van der Waals surface area contributed by atoms with E-state index in [0.717, 1.165) is 28.6 Å². The molecule has 0 amide bonds. The molecule has 0 N–H and O–H groups in total. The average Bonchev–Trinajstić information content (AvgIpc) is 2.66. The predicted molar refractivity (Wildman–Crippen MR) is 102 cm³/mol. The molecule has 25 heavy (non-hydrogen) atoms. The quantitative estimate of drug-likeness (QED) is 0.637. The normalized spacial score (nSPS) is 11.5. The summed E-state index contributed by atoms with van der Waals surface area (Å²) in [6.07, 6.45) is 2.92. The summed E-state index contributed by atoms with van der Waals surface area (Å²) in [6, 6.07) is 16.5. The Hall–Kier alpha value is -2.68. The average molecular weight is 333 g/mol. The Morgan fingerprint density at radius 3 is 2.60 bits per heavy atom. The monoisotopic (exact) mass is 333 g/mol. The van der Waals surface area contributed by atoms with Gasteiger partial charge >= 0.3 is 5.97 Å². The van der Waals surface area contributed by atoms with Crippen LogP contribution in [-0.2, 0) is 21.4 Å².